The number of rotatable bonds is 2. The Hall–Kier alpha value is 0.270. The van der Waals surface area contributed by atoms with Crippen molar-refractivity contribution >= 4 is 11.8 Å². The Bertz CT molecular complexity index is 264. The molecule has 3 heterocycles. The number of thioether (sulfide) groups is 1. The Kier molecular flexibility index (Phi) is 6.31. The second kappa shape index (κ2) is 8.21. The van der Waals surface area contributed by atoms with E-state index in [4.69, 9.17) is 4.74 Å². The molecular weight excluding hydrogens is 278 g/mol. The van der Waals surface area contributed by atoms with Crippen molar-refractivity contribution in [2.75, 3.05) is 25.4 Å². The predicted octanol–water partition coefficient (Wildman–Crippen LogP) is 4.83. The van der Waals surface area contributed by atoms with E-state index in [9.17, 15) is 0 Å². The second-order valence-corrected chi connectivity index (χ2v) is 8.52. The van der Waals surface area contributed by atoms with E-state index in [1.165, 1.54) is 95.9 Å². The first-order chi connectivity index (χ1) is 10.4. The van der Waals surface area contributed by atoms with Crippen molar-refractivity contribution in [3.8, 4) is 0 Å². The molecule has 21 heavy (non-hydrogen) atoms. The number of nitrogens with zero attached hydrogens (tertiary/aromatic N) is 1. The van der Waals surface area contributed by atoms with E-state index in [1.54, 1.807) is 0 Å². The summed E-state index contributed by atoms with van der Waals surface area (Å²) in [4.78, 5) is 3.18. The van der Waals surface area contributed by atoms with Gasteiger partial charge in [-0.2, -0.15) is 0 Å². The van der Waals surface area contributed by atoms with Gasteiger partial charge in [-0.1, -0.05) is 38.5 Å². The van der Waals surface area contributed by atoms with Gasteiger partial charge in [0.1, 0.15) is 0 Å². The molecule has 3 aliphatic heterocycles. The smallest absolute Gasteiger partial charge is 0.0934 e. The minimum Gasteiger partial charge on any atom is -0.375 e. The normalized spacial score (nSPS) is 37.4. The summed E-state index contributed by atoms with van der Waals surface area (Å²) in [5.41, 5.74) is 0. The highest BCUT2D eigenvalue weighted by atomic mass is 32.2. The van der Waals surface area contributed by atoms with Crippen LogP contribution in [0.1, 0.15) is 77.0 Å². The minimum absolute atomic E-state index is 0.311. The zero-order chi connectivity index (χ0) is 14.4. The van der Waals surface area contributed by atoms with E-state index in [1.807, 2.05) is 0 Å². The third-order valence-electron chi connectivity index (χ3n) is 5.61. The molecule has 0 aromatic heterocycles. The van der Waals surface area contributed by atoms with E-state index >= 15 is 0 Å². The van der Waals surface area contributed by atoms with Crippen molar-refractivity contribution in [1.29, 1.82) is 0 Å². The molecule has 2 atom stereocenters. The lowest BCUT2D eigenvalue weighted by Crippen LogP contribution is -2.55. The monoisotopic (exact) mass is 311 g/mol. The Morgan fingerprint density at radius 2 is 1.57 bits per heavy atom. The number of likely N-dealkylation sites (tertiary alicyclic amines) is 1. The van der Waals surface area contributed by atoms with E-state index in [0.717, 1.165) is 6.61 Å². The van der Waals surface area contributed by atoms with Crippen molar-refractivity contribution in [2.45, 2.75) is 88.0 Å². The van der Waals surface area contributed by atoms with Crippen LogP contribution < -0.4 is 0 Å². The van der Waals surface area contributed by atoms with Gasteiger partial charge >= 0.3 is 0 Å². The molecule has 0 aliphatic carbocycles. The topological polar surface area (TPSA) is 12.5 Å². The fourth-order valence-corrected chi connectivity index (χ4v) is 6.14. The van der Waals surface area contributed by atoms with Crippen LogP contribution in [0.4, 0.5) is 0 Å². The summed E-state index contributed by atoms with van der Waals surface area (Å²) in [6, 6.07) is 0. The zero-order valence-corrected chi connectivity index (χ0v) is 14.5. The maximum Gasteiger partial charge on any atom is 0.0934 e. The summed E-state index contributed by atoms with van der Waals surface area (Å²) in [5.74, 6) is 1.34. The predicted molar refractivity (Wildman–Crippen MR) is 91.9 cm³/mol. The molecule has 2 nitrogen and oxygen atoms in total. The summed E-state index contributed by atoms with van der Waals surface area (Å²) in [6.07, 6.45) is 17.1. The molecule has 3 heteroatoms. The summed E-state index contributed by atoms with van der Waals surface area (Å²) in [5, 5.41) is 0. The van der Waals surface area contributed by atoms with Gasteiger partial charge < -0.3 is 4.74 Å². The van der Waals surface area contributed by atoms with Gasteiger partial charge in [-0.15, -0.1) is 11.8 Å². The van der Waals surface area contributed by atoms with Gasteiger partial charge in [0.2, 0.25) is 0 Å². The Morgan fingerprint density at radius 1 is 0.810 bits per heavy atom. The highest BCUT2D eigenvalue weighted by Crippen LogP contribution is 2.45. The van der Waals surface area contributed by atoms with Gasteiger partial charge in [0.25, 0.3) is 0 Å². The molecule has 0 bridgehead atoms. The lowest BCUT2D eigenvalue weighted by Gasteiger charge is -2.47. The third kappa shape index (κ3) is 3.97. The van der Waals surface area contributed by atoms with Gasteiger partial charge in [0.05, 0.1) is 11.0 Å². The van der Waals surface area contributed by atoms with Crippen molar-refractivity contribution < 1.29 is 4.74 Å². The van der Waals surface area contributed by atoms with Gasteiger partial charge in [0, 0.05) is 6.61 Å². The van der Waals surface area contributed by atoms with Crippen LogP contribution in [0.25, 0.3) is 0 Å². The number of ether oxygens (including phenoxy) is 1. The average molecular weight is 312 g/mol. The van der Waals surface area contributed by atoms with Gasteiger partial charge in [-0.3, -0.25) is 4.90 Å². The number of hydrogen-bond acceptors (Lipinski definition) is 3. The summed E-state index contributed by atoms with van der Waals surface area (Å²) < 4.78 is 6.43. The maximum absolute atomic E-state index is 6.43. The average Bonchev–Trinajstić information content (AvgIpc) is 3.02. The second-order valence-electron chi connectivity index (χ2n) is 7.11. The van der Waals surface area contributed by atoms with Crippen molar-refractivity contribution in [3.63, 3.8) is 0 Å². The molecule has 0 aromatic rings. The van der Waals surface area contributed by atoms with Gasteiger partial charge in [0.15, 0.2) is 0 Å². The van der Waals surface area contributed by atoms with Crippen LogP contribution in [0.5, 0.6) is 0 Å². The van der Waals surface area contributed by atoms with Crippen LogP contribution in [-0.4, -0.2) is 41.3 Å². The SMILES string of the molecule is C1CCOC(C2(N3CCCCCC3)CCCCCS2)CC1. The van der Waals surface area contributed by atoms with E-state index in [0.29, 0.717) is 11.0 Å². The Balaban J connectivity index is 1.80. The fraction of sp³-hybridized carbons (Fsp3) is 1.00. The maximum atomic E-state index is 6.43. The molecule has 2 unspecified atom stereocenters. The molecule has 0 N–H and O–H groups in total. The number of hydrogen-bond donors (Lipinski definition) is 0. The summed E-state index contributed by atoms with van der Waals surface area (Å²) >= 11 is 2.26. The van der Waals surface area contributed by atoms with Crippen LogP contribution in [0, 0.1) is 0 Å². The molecular formula is C18H33NOS. The fourth-order valence-electron chi connectivity index (χ4n) is 4.41. The summed E-state index contributed by atoms with van der Waals surface area (Å²) in [6.45, 7) is 3.63. The first kappa shape index (κ1) is 16.1. The van der Waals surface area contributed by atoms with E-state index < -0.39 is 0 Å². The van der Waals surface area contributed by atoms with E-state index in [-0.39, 0.29) is 0 Å². The highest BCUT2D eigenvalue weighted by molar-refractivity contribution is 8.00. The van der Waals surface area contributed by atoms with Gasteiger partial charge in [-0.25, -0.2) is 0 Å². The lowest BCUT2D eigenvalue weighted by molar-refractivity contribution is -0.0311. The Morgan fingerprint density at radius 3 is 2.43 bits per heavy atom. The van der Waals surface area contributed by atoms with Crippen LogP contribution in [0.2, 0.25) is 0 Å². The summed E-state index contributed by atoms with van der Waals surface area (Å²) in [7, 11) is 0. The van der Waals surface area contributed by atoms with Crippen molar-refractivity contribution in [1.82, 2.24) is 4.90 Å². The molecule has 3 saturated heterocycles. The van der Waals surface area contributed by atoms with Crippen LogP contribution in [-0.2, 0) is 4.74 Å². The molecule has 0 spiro atoms. The lowest BCUT2D eigenvalue weighted by atomic mass is 9.96. The van der Waals surface area contributed by atoms with Crippen LogP contribution in [0.3, 0.4) is 0 Å². The molecule has 122 valence electrons. The molecule has 0 saturated carbocycles. The van der Waals surface area contributed by atoms with Gasteiger partial charge in [-0.05, 0) is 57.4 Å². The third-order valence-corrected chi connectivity index (χ3v) is 7.32. The van der Waals surface area contributed by atoms with Crippen LogP contribution in [0.15, 0.2) is 0 Å². The molecule has 3 rings (SSSR count). The Labute approximate surface area is 135 Å². The van der Waals surface area contributed by atoms with Crippen molar-refractivity contribution in [3.05, 3.63) is 0 Å². The standard InChI is InChI=1S/C18H33NOS/c1-2-8-14-19(13-7-1)18(12-6-4-10-16-21-18)17-11-5-3-9-15-20-17/h17H,1-16H2. The first-order valence-electron chi connectivity index (χ1n) is 9.42. The molecule has 0 aromatic carbocycles. The quantitative estimate of drug-likeness (QED) is 0.725. The molecule has 3 aliphatic rings. The zero-order valence-electron chi connectivity index (χ0n) is 13.7. The molecule has 0 radical (unpaired) electrons. The largest absolute Gasteiger partial charge is 0.375 e. The minimum atomic E-state index is 0.311. The van der Waals surface area contributed by atoms with Crippen molar-refractivity contribution in [2.24, 2.45) is 0 Å². The van der Waals surface area contributed by atoms with E-state index in [2.05, 4.69) is 16.7 Å². The molecule has 3 fully saturated rings. The van der Waals surface area contributed by atoms with Crippen LogP contribution >= 0.6 is 11.8 Å². The highest BCUT2D eigenvalue weighted by Gasteiger charge is 2.45. The first-order valence-corrected chi connectivity index (χ1v) is 10.4. The molecule has 0 amide bonds.